The molecule has 25 heavy (non-hydrogen) atoms. The number of aromatic nitrogens is 2. The third-order valence-corrected chi connectivity index (χ3v) is 3.85. The molecule has 0 aliphatic rings. The van der Waals surface area contributed by atoms with Gasteiger partial charge in [0.2, 0.25) is 0 Å². The Bertz CT molecular complexity index is 909. The van der Waals surface area contributed by atoms with Crippen molar-refractivity contribution in [1.29, 1.82) is 0 Å². The number of urea groups is 1. The first-order chi connectivity index (χ1) is 11.8. The number of benzene rings is 2. The maximum atomic E-state index is 12.0. The number of para-hydroxylation sites is 2. The largest absolute Gasteiger partial charge is 0.389 e. The van der Waals surface area contributed by atoms with Gasteiger partial charge in [-0.2, -0.15) is 0 Å². The van der Waals surface area contributed by atoms with E-state index in [-0.39, 0.29) is 12.6 Å². The second-order valence-electron chi connectivity index (χ2n) is 6.68. The second-order valence-corrected chi connectivity index (χ2v) is 6.68. The fourth-order valence-corrected chi connectivity index (χ4v) is 2.61. The van der Waals surface area contributed by atoms with Gasteiger partial charge in [-0.25, -0.2) is 9.78 Å². The molecule has 1 heterocycles. The molecule has 0 spiro atoms. The molecule has 0 atom stereocenters. The van der Waals surface area contributed by atoms with E-state index in [0.717, 1.165) is 22.4 Å². The molecule has 0 saturated carbocycles. The molecule has 130 valence electrons. The Balaban J connectivity index is 1.81. The van der Waals surface area contributed by atoms with Gasteiger partial charge in [-0.1, -0.05) is 24.3 Å². The van der Waals surface area contributed by atoms with E-state index in [9.17, 15) is 9.90 Å². The Labute approximate surface area is 146 Å². The van der Waals surface area contributed by atoms with Crippen LogP contribution in [0.15, 0.2) is 48.5 Å². The molecule has 3 aromatic rings. The Kier molecular flexibility index (Phi) is 4.46. The van der Waals surface area contributed by atoms with E-state index in [4.69, 9.17) is 0 Å². The molecule has 0 aliphatic heterocycles. The molecular formula is C19H22N4O2. The van der Waals surface area contributed by atoms with Crippen LogP contribution in [-0.2, 0) is 7.05 Å². The van der Waals surface area contributed by atoms with Gasteiger partial charge in [-0.3, -0.25) is 0 Å². The highest BCUT2D eigenvalue weighted by Gasteiger charge is 2.14. The van der Waals surface area contributed by atoms with E-state index in [0.29, 0.717) is 5.69 Å². The third kappa shape index (κ3) is 3.97. The van der Waals surface area contributed by atoms with Gasteiger partial charge < -0.3 is 20.3 Å². The summed E-state index contributed by atoms with van der Waals surface area (Å²) in [6, 6.07) is 15.1. The zero-order chi connectivity index (χ0) is 18.0. The van der Waals surface area contributed by atoms with Gasteiger partial charge in [0.25, 0.3) is 0 Å². The molecular weight excluding hydrogens is 316 g/mol. The Hall–Kier alpha value is -2.86. The minimum atomic E-state index is -0.952. The summed E-state index contributed by atoms with van der Waals surface area (Å²) >= 11 is 0. The van der Waals surface area contributed by atoms with Gasteiger partial charge in [-0.05, 0) is 38.1 Å². The van der Waals surface area contributed by atoms with E-state index < -0.39 is 5.60 Å². The number of rotatable bonds is 4. The van der Waals surface area contributed by atoms with Crippen LogP contribution in [0.3, 0.4) is 0 Å². The molecule has 2 aromatic carbocycles. The first-order valence-corrected chi connectivity index (χ1v) is 8.13. The topological polar surface area (TPSA) is 79.2 Å². The highest BCUT2D eigenvalue weighted by Crippen LogP contribution is 2.25. The number of imidazole rings is 1. The highest BCUT2D eigenvalue weighted by molar-refractivity contribution is 5.90. The Morgan fingerprint density at radius 1 is 1.20 bits per heavy atom. The Morgan fingerprint density at radius 2 is 1.96 bits per heavy atom. The van der Waals surface area contributed by atoms with Crippen molar-refractivity contribution in [2.45, 2.75) is 19.4 Å². The Morgan fingerprint density at radius 3 is 2.68 bits per heavy atom. The van der Waals surface area contributed by atoms with Crippen LogP contribution >= 0.6 is 0 Å². The summed E-state index contributed by atoms with van der Waals surface area (Å²) in [4.78, 5) is 16.6. The average molecular weight is 338 g/mol. The van der Waals surface area contributed by atoms with E-state index in [2.05, 4.69) is 15.6 Å². The number of fused-ring (bicyclic) bond motifs is 1. The molecule has 0 saturated heterocycles. The molecule has 0 bridgehead atoms. The summed E-state index contributed by atoms with van der Waals surface area (Å²) in [5, 5.41) is 15.1. The number of aliphatic hydroxyl groups is 1. The maximum Gasteiger partial charge on any atom is 0.319 e. The predicted molar refractivity (Wildman–Crippen MR) is 99.5 cm³/mol. The summed E-state index contributed by atoms with van der Waals surface area (Å²) in [5.41, 5.74) is 2.61. The maximum absolute atomic E-state index is 12.0. The number of nitrogens with one attached hydrogen (secondary N) is 2. The van der Waals surface area contributed by atoms with Gasteiger partial charge >= 0.3 is 6.03 Å². The number of amides is 2. The second kappa shape index (κ2) is 6.57. The predicted octanol–water partition coefficient (Wildman–Crippen LogP) is 3.13. The molecule has 1 aromatic heterocycles. The van der Waals surface area contributed by atoms with Crippen molar-refractivity contribution < 1.29 is 9.90 Å². The van der Waals surface area contributed by atoms with Gasteiger partial charge in [-0.15, -0.1) is 0 Å². The van der Waals surface area contributed by atoms with Crippen molar-refractivity contribution in [3.8, 4) is 11.4 Å². The zero-order valence-corrected chi connectivity index (χ0v) is 14.6. The first-order valence-electron chi connectivity index (χ1n) is 8.13. The summed E-state index contributed by atoms with van der Waals surface area (Å²) < 4.78 is 2.03. The lowest BCUT2D eigenvalue weighted by Crippen LogP contribution is -2.40. The molecule has 3 rings (SSSR count). The first kappa shape index (κ1) is 17.0. The summed E-state index contributed by atoms with van der Waals surface area (Å²) in [6.07, 6.45) is 0. The monoisotopic (exact) mass is 338 g/mol. The van der Waals surface area contributed by atoms with Gasteiger partial charge in [0.1, 0.15) is 5.82 Å². The van der Waals surface area contributed by atoms with Crippen LogP contribution < -0.4 is 10.6 Å². The number of nitrogens with zero attached hydrogens (tertiary/aromatic N) is 2. The fourth-order valence-electron chi connectivity index (χ4n) is 2.61. The van der Waals surface area contributed by atoms with Crippen LogP contribution in [0.1, 0.15) is 13.8 Å². The fraction of sp³-hybridized carbons (Fsp3) is 0.263. The lowest BCUT2D eigenvalue weighted by molar-refractivity contribution is 0.0826. The zero-order valence-electron chi connectivity index (χ0n) is 14.6. The number of hydrogen-bond donors (Lipinski definition) is 3. The van der Waals surface area contributed by atoms with E-state index in [1.807, 2.05) is 60.1 Å². The lowest BCUT2D eigenvalue weighted by Gasteiger charge is -2.18. The number of carbonyl (C=O) groups excluding carboxylic acids is 1. The summed E-state index contributed by atoms with van der Waals surface area (Å²) in [5.74, 6) is 0.835. The van der Waals surface area contributed by atoms with E-state index >= 15 is 0 Å². The van der Waals surface area contributed by atoms with Crippen molar-refractivity contribution in [1.82, 2.24) is 14.9 Å². The molecule has 2 amide bonds. The lowest BCUT2D eigenvalue weighted by atomic mass is 10.1. The quantitative estimate of drug-likeness (QED) is 0.684. The van der Waals surface area contributed by atoms with Crippen LogP contribution in [0.4, 0.5) is 10.5 Å². The summed E-state index contributed by atoms with van der Waals surface area (Å²) in [7, 11) is 1.97. The number of aryl methyl sites for hydroxylation is 1. The molecule has 0 aliphatic carbocycles. The van der Waals surface area contributed by atoms with Crippen molar-refractivity contribution in [3.63, 3.8) is 0 Å². The SMILES string of the molecule is Cn1c(-c2cccc(NC(=O)NCC(C)(C)O)c2)nc2ccccc21. The molecule has 0 unspecified atom stereocenters. The average Bonchev–Trinajstić information content (AvgIpc) is 2.90. The van der Waals surface area contributed by atoms with Crippen LogP contribution in [-0.4, -0.2) is 32.8 Å². The standard InChI is InChI=1S/C19H22N4O2/c1-19(2,25)12-20-18(24)21-14-8-6-7-13(11-14)17-22-15-9-4-5-10-16(15)23(17)3/h4-11,25H,12H2,1-3H3,(H2,20,21,24). The molecule has 6 heteroatoms. The molecule has 3 N–H and O–H groups in total. The number of hydrogen-bond acceptors (Lipinski definition) is 3. The van der Waals surface area contributed by atoms with Crippen molar-refractivity contribution in [3.05, 3.63) is 48.5 Å². The van der Waals surface area contributed by atoms with Gasteiger partial charge in [0, 0.05) is 24.8 Å². The normalized spacial score (nSPS) is 11.5. The van der Waals surface area contributed by atoms with Gasteiger partial charge in [0.15, 0.2) is 0 Å². The minimum Gasteiger partial charge on any atom is -0.389 e. The van der Waals surface area contributed by atoms with Crippen molar-refractivity contribution >= 4 is 22.8 Å². The van der Waals surface area contributed by atoms with E-state index in [1.54, 1.807) is 13.8 Å². The summed E-state index contributed by atoms with van der Waals surface area (Å²) in [6.45, 7) is 3.45. The van der Waals surface area contributed by atoms with Crippen LogP contribution in [0.5, 0.6) is 0 Å². The van der Waals surface area contributed by atoms with Crippen LogP contribution in [0.25, 0.3) is 22.4 Å². The smallest absolute Gasteiger partial charge is 0.319 e. The highest BCUT2D eigenvalue weighted by atomic mass is 16.3. The van der Waals surface area contributed by atoms with Gasteiger partial charge in [0.05, 0.1) is 16.6 Å². The van der Waals surface area contributed by atoms with E-state index in [1.165, 1.54) is 0 Å². The van der Waals surface area contributed by atoms with Crippen LogP contribution in [0, 0.1) is 0 Å². The van der Waals surface area contributed by atoms with Crippen molar-refractivity contribution in [2.75, 3.05) is 11.9 Å². The number of anilines is 1. The van der Waals surface area contributed by atoms with Crippen LogP contribution in [0.2, 0.25) is 0 Å². The molecule has 6 nitrogen and oxygen atoms in total. The minimum absolute atomic E-state index is 0.170. The molecule has 0 radical (unpaired) electrons. The molecule has 0 fully saturated rings. The number of carbonyl (C=O) groups is 1. The van der Waals surface area contributed by atoms with Crippen molar-refractivity contribution in [2.24, 2.45) is 7.05 Å². The third-order valence-electron chi connectivity index (χ3n) is 3.85.